The zero-order valence-electron chi connectivity index (χ0n) is 20.3. The van der Waals surface area contributed by atoms with Crippen LogP contribution >= 0.6 is 22.6 Å². The minimum atomic E-state index is -1.04. The zero-order valence-corrected chi connectivity index (χ0v) is 22.4. The first kappa shape index (κ1) is 27.4. The van der Waals surface area contributed by atoms with Crippen LogP contribution in [0.4, 0.5) is 4.79 Å². The SMILES string of the molecule is COc1ccc([C@@H](C(=O)N[C@@H](C)C(=O)OCc2ccccc2)N(C)C(=O)OC(C)(C)C)cc1I. The van der Waals surface area contributed by atoms with Crippen LogP contribution in [0.5, 0.6) is 5.75 Å². The molecule has 0 spiro atoms. The van der Waals surface area contributed by atoms with E-state index in [0.29, 0.717) is 11.3 Å². The first-order chi connectivity index (χ1) is 15.9. The van der Waals surface area contributed by atoms with Crippen LogP contribution in [0, 0.1) is 3.57 Å². The van der Waals surface area contributed by atoms with Gasteiger partial charge in [0.2, 0.25) is 5.91 Å². The molecule has 2 amide bonds. The van der Waals surface area contributed by atoms with Crippen molar-refractivity contribution in [2.75, 3.05) is 14.2 Å². The largest absolute Gasteiger partial charge is 0.496 e. The molecule has 0 heterocycles. The molecule has 2 atom stereocenters. The van der Waals surface area contributed by atoms with Gasteiger partial charge in [-0.15, -0.1) is 0 Å². The van der Waals surface area contributed by atoms with Gasteiger partial charge in [0.05, 0.1) is 10.7 Å². The highest BCUT2D eigenvalue weighted by Gasteiger charge is 2.33. The molecule has 0 aliphatic heterocycles. The molecular weight excluding hydrogens is 551 g/mol. The third-order valence-corrected chi connectivity index (χ3v) is 5.59. The van der Waals surface area contributed by atoms with Crippen molar-refractivity contribution >= 4 is 40.6 Å². The van der Waals surface area contributed by atoms with Crippen LogP contribution in [0.2, 0.25) is 0 Å². The molecule has 2 rings (SSSR count). The van der Waals surface area contributed by atoms with Crippen LogP contribution in [0.1, 0.15) is 44.9 Å². The molecule has 1 N–H and O–H groups in total. The van der Waals surface area contributed by atoms with E-state index >= 15 is 0 Å². The Kier molecular flexibility index (Phi) is 9.72. The predicted octanol–water partition coefficient (Wildman–Crippen LogP) is 4.46. The molecular formula is C25H31IN2O6. The molecule has 0 aliphatic rings. The molecule has 184 valence electrons. The van der Waals surface area contributed by atoms with Gasteiger partial charge in [0.1, 0.15) is 30.0 Å². The van der Waals surface area contributed by atoms with Crippen molar-refractivity contribution in [2.24, 2.45) is 0 Å². The third-order valence-electron chi connectivity index (χ3n) is 4.74. The predicted molar refractivity (Wildman–Crippen MR) is 136 cm³/mol. The van der Waals surface area contributed by atoms with Gasteiger partial charge < -0.3 is 19.5 Å². The summed E-state index contributed by atoms with van der Waals surface area (Å²) in [5, 5.41) is 2.66. The lowest BCUT2D eigenvalue weighted by atomic mass is 10.0. The summed E-state index contributed by atoms with van der Waals surface area (Å²) < 4.78 is 16.8. The second-order valence-corrected chi connectivity index (χ2v) is 9.87. The standard InChI is InChI=1S/C25H31IN2O6/c1-16(23(30)33-15-17-10-8-7-9-11-17)27-22(29)21(28(5)24(31)34-25(2,3)4)18-12-13-20(32-6)19(26)14-18/h7-14,16,21H,15H2,1-6H3,(H,27,29)/t16-,21-/m0/s1. The normalized spacial score (nSPS) is 12.8. The minimum absolute atomic E-state index is 0.0950. The van der Waals surface area contributed by atoms with Gasteiger partial charge in [0, 0.05) is 7.05 Å². The first-order valence-electron chi connectivity index (χ1n) is 10.7. The van der Waals surface area contributed by atoms with Crippen molar-refractivity contribution in [1.82, 2.24) is 10.2 Å². The fraction of sp³-hybridized carbons (Fsp3) is 0.400. The second-order valence-electron chi connectivity index (χ2n) is 8.71. The van der Waals surface area contributed by atoms with E-state index in [4.69, 9.17) is 14.2 Å². The Labute approximate surface area is 214 Å². The molecule has 2 aromatic rings. The Morgan fingerprint density at radius 3 is 2.29 bits per heavy atom. The highest BCUT2D eigenvalue weighted by atomic mass is 127. The molecule has 0 saturated carbocycles. The van der Waals surface area contributed by atoms with E-state index in [9.17, 15) is 14.4 Å². The summed E-state index contributed by atoms with van der Waals surface area (Å²) in [6.07, 6.45) is -0.669. The maximum absolute atomic E-state index is 13.3. The Balaban J connectivity index is 2.21. The quantitative estimate of drug-likeness (QED) is 0.365. The summed E-state index contributed by atoms with van der Waals surface area (Å²) in [6.45, 7) is 6.87. The number of ether oxygens (including phenoxy) is 3. The Bertz CT molecular complexity index is 1010. The number of rotatable bonds is 8. The zero-order chi connectivity index (χ0) is 25.5. The number of esters is 1. The third kappa shape index (κ3) is 7.89. The van der Waals surface area contributed by atoms with Crippen LogP contribution in [-0.2, 0) is 25.7 Å². The maximum Gasteiger partial charge on any atom is 0.410 e. The molecule has 9 heteroatoms. The average Bonchev–Trinajstić information content (AvgIpc) is 2.77. The van der Waals surface area contributed by atoms with Gasteiger partial charge in [-0.1, -0.05) is 36.4 Å². The summed E-state index contributed by atoms with van der Waals surface area (Å²) in [5.74, 6) is -0.486. The summed E-state index contributed by atoms with van der Waals surface area (Å²) in [4.78, 5) is 39.8. The summed E-state index contributed by atoms with van der Waals surface area (Å²) in [5.41, 5.74) is 0.639. The van der Waals surface area contributed by atoms with Crippen LogP contribution < -0.4 is 10.1 Å². The van der Waals surface area contributed by atoms with E-state index < -0.39 is 35.7 Å². The highest BCUT2D eigenvalue weighted by Crippen LogP contribution is 2.28. The van der Waals surface area contributed by atoms with E-state index in [1.807, 2.05) is 30.3 Å². The van der Waals surface area contributed by atoms with Gasteiger partial charge in [-0.25, -0.2) is 9.59 Å². The van der Waals surface area contributed by atoms with E-state index in [0.717, 1.165) is 9.13 Å². The number of nitrogens with one attached hydrogen (secondary N) is 1. The lowest BCUT2D eigenvalue weighted by Gasteiger charge is -2.31. The van der Waals surface area contributed by atoms with Crippen LogP contribution in [0.25, 0.3) is 0 Å². The molecule has 0 saturated heterocycles. The number of methoxy groups -OCH3 is 1. The van der Waals surface area contributed by atoms with Gasteiger partial charge in [-0.05, 0) is 73.5 Å². The minimum Gasteiger partial charge on any atom is -0.496 e. The number of likely N-dealkylation sites (N-methyl/N-ethyl adjacent to an activating group) is 1. The summed E-state index contributed by atoms with van der Waals surface area (Å²) in [6, 6.07) is 12.5. The monoisotopic (exact) mass is 582 g/mol. The number of carbonyl (C=O) groups excluding carboxylic acids is 3. The Morgan fingerprint density at radius 1 is 1.09 bits per heavy atom. The number of benzene rings is 2. The van der Waals surface area contributed by atoms with Gasteiger partial charge >= 0.3 is 12.1 Å². The maximum atomic E-state index is 13.3. The average molecular weight is 582 g/mol. The van der Waals surface area contributed by atoms with Crippen LogP contribution in [0.3, 0.4) is 0 Å². The number of hydrogen-bond donors (Lipinski definition) is 1. The lowest BCUT2D eigenvalue weighted by Crippen LogP contribution is -2.48. The molecule has 8 nitrogen and oxygen atoms in total. The summed E-state index contributed by atoms with van der Waals surface area (Å²) >= 11 is 2.09. The second kappa shape index (κ2) is 12.0. The van der Waals surface area contributed by atoms with E-state index in [2.05, 4.69) is 27.9 Å². The number of nitrogens with zero attached hydrogens (tertiary/aromatic N) is 1. The van der Waals surface area contributed by atoms with Crippen LogP contribution in [-0.4, -0.2) is 48.7 Å². The van der Waals surface area contributed by atoms with Crippen molar-refractivity contribution < 1.29 is 28.6 Å². The number of amides is 2. The number of hydrogen-bond acceptors (Lipinski definition) is 6. The van der Waals surface area contributed by atoms with E-state index in [1.165, 1.54) is 18.9 Å². The van der Waals surface area contributed by atoms with Crippen LogP contribution in [0.15, 0.2) is 48.5 Å². The molecule has 34 heavy (non-hydrogen) atoms. The Morgan fingerprint density at radius 2 is 1.74 bits per heavy atom. The molecule has 0 radical (unpaired) electrons. The van der Waals surface area contributed by atoms with Crippen molar-refractivity contribution in [1.29, 1.82) is 0 Å². The topological polar surface area (TPSA) is 94.2 Å². The number of halogens is 1. The molecule has 2 aromatic carbocycles. The first-order valence-corrected chi connectivity index (χ1v) is 11.8. The Hall–Kier alpha value is -2.82. The van der Waals surface area contributed by atoms with Gasteiger partial charge in [-0.3, -0.25) is 9.69 Å². The molecule has 0 aromatic heterocycles. The molecule has 0 unspecified atom stereocenters. The highest BCUT2D eigenvalue weighted by molar-refractivity contribution is 14.1. The molecule has 0 bridgehead atoms. The molecule has 0 fully saturated rings. The van der Waals surface area contributed by atoms with E-state index in [-0.39, 0.29) is 6.61 Å². The fourth-order valence-electron chi connectivity index (χ4n) is 3.05. The van der Waals surface area contributed by atoms with Crippen molar-refractivity contribution in [2.45, 2.75) is 52.0 Å². The fourth-order valence-corrected chi connectivity index (χ4v) is 3.81. The van der Waals surface area contributed by atoms with Gasteiger partial charge in [-0.2, -0.15) is 0 Å². The van der Waals surface area contributed by atoms with Crippen molar-refractivity contribution in [3.05, 3.63) is 63.2 Å². The van der Waals surface area contributed by atoms with Gasteiger partial charge in [0.25, 0.3) is 0 Å². The van der Waals surface area contributed by atoms with Crippen molar-refractivity contribution in [3.63, 3.8) is 0 Å². The number of carbonyl (C=O) groups is 3. The molecule has 0 aliphatic carbocycles. The summed E-state index contributed by atoms with van der Waals surface area (Å²) in [7, 11) is 3.03. The van der Waals surface area contributed by atoms with E-state index in [1.54, 1.807) is 46.1 Å². The smallest absolute Gasteiger partial charge is 0.410 e. The lowest BCUT2D eigenvalue weighted by molar-refractivity contribution is -0.149. The van der Waals surface area contributed by atoms with Crippen molar-refractivity contribution in [3.8, 4) is 5.75 Å². The van der Waals surface area contributed by atoms with Gasteiger partial charge in [0.15, 0.2) is 0 Å².